The van der Waals surface area contributed by atoms with Gasteiger partial charge in [0.1, 0.15) is 0 Å². The van der Waals surface area contributed by atoms with Crippen LogP contribution in [0.15, 0.2) is 16.6 Å². The smallest absolute Gasteiger partial charge is 0.165 e. The molecule has 0 spiro atoms. The number of hydrogen-bond acceptors (Lipinski definition) is 2. The highest BCUT2D eigenvalue weighted by Gasteiger charge is 2.12. The van der Waals surface area contributed by atoms with Gasteiger partial charge in [-0.25, -0.2) is 0 Å². The van der Waals surface area contributed by atoms with Crippen molar-refractivity contribution in [2.75, 3.05) is 14.2 Å². The quantitative estimate of drug-likeness (QED) is 0.824. The molecule has 0 bridgehead atoms. The number of halogens is 1. The summed E-state index contributed by atoms with van der Waals surface area (Å²) in [5, 5.41) is 0. The Morgan fingerprint density at radius 3 is 2.43 bits per heavy atom. The number of hydrogen-bond donors (Lipinski definition) is 0. The second-order valence-corrected chi connectivity index (χ2v) is 3.87. The van der Waals surface area contributed by atoms with Gasteiger partial charge >= 0.3 is 0 Å². The molecule has 0 atom stereocenters. The third-order valence-corrected chi connectivity index (χ3v) is 2.83. The summed E-state index contributed by atoms with van der Waals surface area (Å²) in [6, 6.07) is 3.90. The SMILES string of the molecule is CCCc1c(Br)ccc(OC)c1OC. The summed E-state index contributed by atoms with van der Waals surface area (Å²) in [5.74, 6) is 1.63. The third kappa shape index (κ3) is 2.21. The Labute approximate surface area is 93.4 Å². The lowest BCUT2D eigenvalue weighted by Gasteiger charge is -2.13. The van der Waals surface area contributed by atoms with Crippen molar-refractivity contribution in [3.8, 4) is 11.5 Å². The minimum absolute atomic E-state index is 0.791. The minimum atomic E-state index is 0.791. The predicted molar refractivity (Wildman–Crippen MR) is 61.2 cm³/mol. The maximum Gasteiger partial charge on any atom is 0.165 e. The molecule has 0 radical (unpaired) electrons. The molecule has 1 aromatic carbocycles. The van der Waals surface area contributed by atoms with Crippen LogP contribution in [0.4, 0.5) is 0 Å². The largest absolute Gasteiger partial charge is 0.493 e. The summed E-state index contributed by atoms with van der Waals surface area (Å²) in [7, 11) is 3.32. The fraction of sp³-hybridized carbons (Fsp3) is 0.455. The molecule has 0 fully saturated rings. The fourth-order valence-corrected chi connectivity index (χ4v) is 1.96. The molecule has 0 saturated carbocycles. The second kappa shape index (κ2) is 5.25. The summed E-state index contributed by atoms with van der Waals surface area (Å²) >= 11 is 3.52. The van der Waals surface area contributed by atoms with Crippen LogP contribution in [-0.2, 0) is 6.42 Å². The minimum Gasteiger partial charge on any atom is -0.493 e. The van der Waals surface area contributed by atoms with Gasteiger partial charge in [-0.15, -0.1) is 0 Å². The maximum absolute atomic E-state index is 5.35. The summed E-state index contributed by atoms with van der Waals surface area (Å²) < 4.78 is 11.7. The highest BCUT2D eigenvalue weighted by Crippen LogP contribution is 2.36. The first-order valence-electron chi connectivity index (χ1n) is 4.64. The van der Waals surface area contributed by atoms with Gasteiger partial charge in [0.25, 0.3) is 0 Å². The van der Waals surface area contributed by atoms with Crippen LogP contribution in [0.3, 0.4) is 0 Å². The van der Waals surface area contributed by atoms with Gasteiger partial charge in [0.2, 0.25) is 0 Å². The fourth-order valence-electron chi connectivity index (χ4n) is 1.45. The molecular weight excluding hydrogens is 244 g/mol. The van der Waals surface area contributed by atoms with E-state index >= 15 is 0 Å². The van der Waals surface area contributed by atoms with E-state index in [1.807, 2.05) is 12.1 Å². The summed E-state index contributed by atoms with van der Waals surface area (Å²) in [6.45, 7) is 2.14. The molecule has 0 N–H and O–H groups in total. The van der Waals surface area contributed by atoms with E-state index in [4.69, 9.17) is 9.47 Å². The van der Waals surface area contributed by atoms with Crippen LogP contribution >= 0.6 is 15.9 Å². The molecule has 3 heteroatoms. The Balaban J connectivity index is 3.20. The lowest BCUT2D eigenvalue weighted by atomic mass is 10.1. The normalized spacial score (nSPS) is 10.0. The standard InChI is InChI=1S/C11H15BrO2/c1-4-5-8-9(12)6-7-10(13-2)11(8)14-3/h6-7H,4-5H2,1-3H3. The molecule has 2 nitrogen and oxygen atoms in total. The van der Waals surface area contributed by atoms with E-state index in [9.17, 15) is 0 Å². The van der Waals surface area contributed by atoms with Gasteiger partial charge in [0.15, 0.2) is 11.5 Å². The Morgan fingerprint density at radius 1 is 1.21 bits per heavy atom. The van der Waals surface area contributed by atoms with Crippen molar-refractivity contribution in [3.63, 3.8) is 0 Å². The van der Waals surface area contributed by atoms with Crippen LogP contribution in [0.1, 0.15) is 18.9 Å². The van der Waals surface area contributed by atoms with Gasteiger partial charge in [0, 0.05) is 10.0 Å². The second-order valence-electron chi connectivity index (χ2n) is 3.01. The summed E-state index contributed by atoms with van der Waals surface area (Å²) in [5.41, 5.74) is 1.18. The topological polar surface area (TPSA) is 18.5 Å². The van der Waals surface area contributed by atoms with E-state index in [1.54, 1.807) is 14.2 Å². The first-order chi connectivity index (χ1) is 6.74. The number of benzene rings is 1. The zero-order valence-electron chi connectivity index (χ0n) is 8.76. The van der Waals surface area contributed by atoms with E-state index in [0.29, 0.717) is 0 Å². The molecule has 0 saturated heterocycles. The van der Waals surface area contributed by atoms with E-state index in [0.717, 1.165) is 28.8 Å². The monoisotopic (exact) mass is 258 g/mol. The molecule has 14 heavy (non-hydrogen) atoms. The molecule has 0 aliphatic carbocycles. The summed E-state index contributed by atoms with van der Waals surface area (Å²) in [4.78, 5) is 0. The number of ether oxygens (including phenoxy) is 2. The molecule has 1 rings (SSSR count). The van der Waals surface area contributed by atoms with Crippen molar-refractivity contribution >= 4 is 15.9 Å². The Morgan fingerprint density at radius 2 is 1.93 bits per heavy atom. The van der Waals surface area contributed by atoms with Gasteiger partial charge < -0.3 is 9.47 Å². The van der Waals surface area contributed by atoms with Crippen LogP contribution in [0.2, 0.25) is 0 Å². The molecule has 0 amide bonds. The van der Waals surface area contributed by atoms with Crippen LogP contribution in [0, 0.1) is 0 Å². The average Bonchev–Trinajstić information content (AvgIpc) is 2.21. The van der Waals surface area contributed by atoms with Crippen molar-refractivity contribution < 1.29 is 9.47 Å². The van der Waals surface area contributed by atoms with Gasteiger partial charge in [-0.1, -0.05) is 29.3 Å². The van der Waals surface area contributed by atoms with Crippen molar-refractivity contribution in [2.45, 2.75) is 19.8 Å². The average molecular weight is 259 g/mol. The molecule has 0 aliphatic rings. The van der Waals surface area contributed by atoms with E-state index in [1.165, 1.54) is 5.56 Å². The van der Waals surface area contributed by atoms with Crippen molar-refractivity contribution in [3.05, 3.63) is 22.2 Å². The molecule has 0 unspecified atom stereocenters. The van der Waals surface area contributed by atoms with Gasteiger partial charge in [-0.3, -0.25) is 0 Å². The van der Waals surface area contributed by atoms with Crippen LogP contribution in [0.5, 0.6) is 11.5 Å². The molecule has 1 aromatic rings. The highest BCUT2D eigenvalue weighted by molar-refractivity contribution is 9.10. The van der Waals surface area contributed by atoms with Crippen LogP contribution < -0.4 is 9.47 Å². The van der Waals surface area contributed by atoms with Gasteiger partial charge in [-0.2, -0.15) is 0 Å². The Bertz CT molecular complexity index is 310. The van der Waals surface area contributed by atoms with Crippen molar-refractivity contribution in [2.24, 2.45) is 0 Å². The molecule has 78 valence electrons. The van der Waals surface area contributed by atoms with Gasteiger partial charge in [-0.05, 0) is 18.6 Å². The maximum atomic E-state index is 5.35. The molecule has 0 heterocycles. The predicted octanol–water partition coefficient (Wildman–Crippen LogP) is 3.42. The van der Waals surface area contributed by atoms with Crippen molar-refractivity contribution in [1.82, 2.24) is 0 Å². The van der Waals surface area contributed by atoms with E-state index < -0.39 is 0 Å². The van der Waals surface area contributed by atoms with Crippen molar-refractivity contribution in [1.29, 1.82) is 0 Å². The third-order valence-electron chi connectivity index (χ3n) is 2.09. The van der Waals surface area contributed by atoms with Gasteiger partial charge in [0.05, 0.1) is 14.2 Å². The lowest BCUT2D eigenvalue weighted by molar-refractivity contribution is 0.351. The highest BCUT2D eigenvalue weighted by atomic mass is 79.9. The lowest BCUT2D eigenvalue weighted by Crippen LogP contribution is -1.96. The molecule has 0 aromatic heterocycles. The zero-order valence-corrected chi connectivity index (χ0v) is 10.3. The molecular formula is C11H15BrO2. The first kappa shape index (κ1) is 11.4. The Hall–Kier alpha value is -0.700. The van der Waals surface area contributed by atoms with Crippen LogP contribution in [0.25, 0.3) is 0 Å². The Kier molecular flexibility index (Phi) is 4.26. The zero-order chi connectivity index (χ0) is 10.6. The number of methoxy groups -OCH3 is 2. The number of rotatable bonds is 4. The van der Waals surface area contributed by atoms with E-state index in [2.05, 4.69) is 22.9 Å². The van der Waals surface area contributed by atoms with Crippen LogP contribution in [-0.4, -0.2) is 14.2 Å². The molecule has 0 aliphatic heterocycles. The first-order valence-corrected chi connectivity index (χ1v) is 5.43. The summed E-state index contributed by atoms with van der Waals surface area (Å²) in [6.07, 6.45) is 2.07. The van der Waals surface area contributed by atoms with E-state index in [-0.39, 0.29) is 0 Å².